The molecule has 2 heterocycles. The van der Waals surface area contributed by atoms with Crippen LogP contribution in [-0.4, -0.2) is 37.3 Å². The number of nitrogens with one attached hydrogen (secondary N) is 1. The first kappa shape index (κ1) is 18.9. The Labute approximate surface area is 164 Å². The molecule has 1 aliphatic carbocycles. The minimum Gasteiger partial charge on any atom is -0.341 e. The first-order valence-corrected chi connectivity index (χ1v) is 11.4. The summed E-state index contributed by atoms with van der Waals surface area (Å²) in [5.41, 5.74) is 1.98. The molecule has 0 spiro atoms. The number of sulfonamides is 1. The van der Waals surface area contributed by atoms with E-state index in [1.807, 2.05) is 6.92 Å². The molecule has 2 aromatic rings. The molecular formula is C19H24N4O4S. The van der Waals surface area contributed by atoms with Crippen molar-refractivity contribution in [1.29, 1.82) is 0 Å². The van der Waals surface area contributed by atoms with Gasteiger partial charge in [0.2, 0.25) is 15.9 Å². The number of hydrogen-bond donors (Lipinski definition) is 1. The molecule has 0 saturated heterocycles. The predicted molar refractivity (Wildman–Crippen MR) is 104 cm³/mol. The second-order valence-electron chi connectivity index (χ2n) is 7.60. The molecule has 0 radical (unpaired) electrons. The molecule has 1 saturated carbocycles. The van der Waals surface area contributed by atoms with E-state index in [1.54, 1.807) is 18.2 Å². The molecule has 150 valence electrons. The molecular weight excluding hydrogens is 380 g/mol. The number of anilines is 1. The third-order valence-electron chi connectivity index (χ3n) is 5.49. The number of carbonyl (C=O) groups is 1. The Morgan fingerprint density at radius 3 is 2.79 bits per heavy atom. The highest BCUT2D eigenvalue weighted by molar-refractivity contribution is 7.92. The fourth-order valence-electron chi connectivity index (χ4n) is 3.97. The number of aromatic nitrogens is 2. The van der Waals surface area contributed by atoms with Gasteiger partial charge in [-0.15, -0.1) is 0 Å². The Bertz CT molecular complexity index is 995. The Kier molecular flexibility index (Phi) is 4.86. The topological polar surface area (TPSA) is 105 Å². The van der Waals surface area contributed by atoms with Crippen LogP contribution in [0.2, 0.25) is 0 Å². The third-order valence-corrected chi connectivity index (χ3v) is 6.67. The standard InChI is InChI=1S/C19H24N4O4S/c1-12(19-21-17(22-27-19)13-5-3-4-6-13)20-18(24)15-7-8-16-14(11-15)9-10-23(16)28(2,25)26/h7-8,11-13H,3-6,9-10H2,1-2H3,(H,20,24)/t12-/m0/s1. The van der Waals surface area contributed by atoms with Crippen LogP contribution in [0, 0.1) is 0 Å². The maximum absolute atomic E-state index is 12.6. The molecule has 0 unspecified atom stereocenters. The Hall–Kier alpha value is -2.42. The van der Waals surface area contributed by atoms with Gasteiger partial charge in [-0.1, -0.05) is 18.0 Å². The summed E-state index contributed by atoms with van der Waals surface area (Å²) in [5.74, 6) is 1.23. The Morgan fingerprint density at radius 1 is 1.32 bits per heavy atom. The zero-order valence-electron chi connectivity index (χ0n) is 16.0. The normalized spacial score (nSPS) is 18.3. The van der Waals surface area contributed by atoms with E-state index in [4.69, 9.17) is 4.52 Å². The summed E-state index contributed by atoms with van der Waals surface area (Å²) >= 11 is 0. The van der Waals surface area contributed by atoms with Crippen molar-refractivity contribution in [2.45, 2.75) is 51.0 Å². The number of fused-ring (bicyclic) bond motifs is 1. The Balaban J connectivity index is 1.45. The molecule has 0 bridgehead atoms. The highest BCUT2D eigenvalue weighted by Gasteiger charge is 2.28. The van der Waals surface area contributed by atoms with Crippen molar-refractivity contribution in [3.63, 3.8) is 0 Å². The largest absolute Gasteiger partial charge is 0.341 e. The molecule has 1 aliphatic heterocycles. The molecule has 1 aromatic heterocycles. The first-order chi connectivity index (χ1) is 13.3. The van der Waals surface area contributed by atoms with Crippen molar-refractivity contribution >= 4 is 21.6 Å². The molecule has 1 amide bonds. The maximum atomic E-state index is 12.6. The third kappa shape index (κ3) is 3.63. The summed E-state index contributed by atoms with van der Waals surface area (Å²) < 4.78 is 30.4. The molecule has 28 heavy (non-hydrogen) atoms. The predicted octanol–water partition coefficient (Wildman–Crippen LogP) is 2.54. The van der Waals surface area contributed by atoms with Crippen molar-refractivity contribution in [2.24, 2.45) is 0 Å². The molecule has 8 nitrogen and oxygen atoms in total. The minimum atomic E-state index is -3.30. The summed E-state index contributed by atoms with van der Waals surface area (Å²) in [6.07, 6.45) is 6.33. The van der Waals surface area contributed by atoms with E-state index in [9.17, 15) is 13.2 Å². The summed E-state index contributed by atoms with van der Waals surface area (Å²) in [6, 6.07) is 4.67. The van der Waals surface area contributed by atoms with Crippen LogP contribution < -0.4 is 9.62 Å². The smallest absolute Gasteiger partial charge is 0.251 e. The second kappa shape index (κ2) is 7.20. The van der Waals surface area contributed by atoms with Crippen molar-refractivity contribution in [3.05, 3.63) is 41.0 Å². The van der Waals surface area contributed by atoms with Gasteiger partial charge in [0, 0.05) is 18.0 Å². The van der Waals surface area contributed by atoms with E-state index in [2.05, 4.69) is 15.5 Å². The zero-order valence-corrected chi connectivity index (χ0v) is 16.8. The molecule has 4 rings (SSSR count). The lowest BCUT2D eigenvalue weighted by atomic mass is 10.1. The van der Waals surface area contributed by atoms with Crippen molar-refractivity contribution in [1.82, 2.24) is 15.5 Å². The van der Waals surface area contributed by atoms with Crippen molar-refractivity contribution in [2.75, 3.05) is 17.1 Å². The fraction of sp³-hybridized carbons (Fsp3) is 0.526. The lowest BCUT2D eigenvalue weighted by molar-refractivity contribution is 0.0932. The van der Waals surface area contributed by atoms with E-state index >= 15 is 0 Å². The molecule has 2 aliphatic rings. The maximum Gasteiger partial charge on any atom is 0.251 e. The molecule has 1 N–H and O–H groups in total. The Morgan fingerprint density at radius 2 is 2.07 bits per heavy atom. The van der Waals surface area contributed by atoms with Crippen LogP contribution in [0.5, 0.6) is 0 Å². The van der Waals surface area contributed by atoms with E-state index in [1.165, 1.54) is 23.4 Å². The van der Waals surface area contributed by atoms with E-state index in [-0.39, 0.29) is 5.91 Å². The fourth-order valence-corrected chi connectivity index (χ4v) is 4.93. The quantitative estimate of drug-likeness (QED) is 0.821. The minimum absolute atomic E-state index is 0.256. The number of nitrogens with zero attached hydrogens (tertiary/aromatic N) is 3. The van der Waals surface area contributed by atoms with Crippen LogP contribution >= 0.6 is 0 Å². The zero-order chi connectivity index (χ0) is 19.9. The average Bonchev–Trinajstić information content (AvgIpc) is 3.38. The van der Waals surface area contributed by atoms with E-state index < -0.39 is 16.1 Å². The van der Waals surface area contributed by atoms with Crippen LogP contribution in [-0.2, 0) is 16.4 Å². The highest BCUT2D eigenvalue weighted by Crippen LogP contribution is 2.33. The lowest BCUT2D eigenvalue weighted by Crippen LogP contribution is -2.28. The number of benzene rings is 1. The van der Waals surface area contributed by atoms with Gasteiger partial charge in [-0.25, -0.2) is 8.42 Å². The van der Waals surface area contributed by atoms with Gasteiger partial charge in [0.25, 0.3) is 5.91 Å². The molecule has 1 atom stereocenters. The lowest BCUT2D eigenvalue weighted by Gasteiger charge is -2.16. The van der Waals surface area contributed by atoms with Gasteiger partial charge < -0.3 is 9.84 Å². The highest BCUT2D eigenvalue weighted by atomic mass is 32.2. The molecule has 1 aromatic carbocycles. The van der Waals surface area contributed by atoms with Crippen LogP contribution in [0.1, 0.15) is 72.2 Å². The number of hydrogen-bond acceptors (Lipinski definition) is 6. The van der Waals surface area contributed by atoms with Crippen molar-refractivity contribution < 1.29 is 17.7 Å². The average molecular weight is 404 g/mol. The van der Waals surface area contributed by atoms with Gasteiger partial charge >= 0.3 is 0 Å². The molecule has 1 fully saturated rings. The van der Waals surface area contributed by atoms with Gasteiger partial charge in [-0.2, -0.15) is 4.98 Å². The van der Waals surface area contributed by atoms with Crippen LogP contribution in [0.4, 0.5) is 5.69 Å². The van der Waals surface area contributed by atoms with Gasteiger partial charge in [0.1, 0.15) is 6.04 Å². The number of carbonyl (C=O) groups excluding carboxylic acids is 1. The number of rotatable bonds is 5. The number of amides is 1. The van der Waals surface area contributed by atoms with Gasteiger partial charge in [0.15, 0.2) is 5.82 Å². The van der Waals surface area contributed by atoms with E-state index in [0.29, 0.717) is 36.0 Å². The molecule has 9 heteroatoms. The monoisotopic (exact) mass is 404 g/mol. The van der Waals surface area contributed by atoms with Gasteiger partial charge in [-0.05, 0) is 49.9 Å². The van der Waals surface area contributed by atoms with Gasteiger partial charge in [0.05, 0.1) is 11.9 Å². The van der Waals surface area contributed by atoms with Crippen LogP contribution in [0.25, 0.3) is 0 Å². The van der Waals surface area contributed by atoms with Gasteiger partial charge in [-0.3, -0.25) is 9.10 Å². The van der Waals surface area contributed by atoms with Crippen LogP contribution in [0.15, 0.2) is 22.7 Å². The summed E-state index contributed by atoms with van der Waals surface area (Å²) in [4.78, 5) is 17.1. The summed E-state index contributed by atoms with van der Waals surface area (Å²) in [7, 11) is -3.30. The summed E-state index contributed by atoms with van der Waals surface area (Å²) in [5, 5.41) is 6.96. The van der Waals surface area contributed by atoms with Crippen molar-refractivity contribution in [3.8, 4) is 0 Å². The SMILES string of the molecule is C[C@H](NC(=O)c1ccc2c(c1)CCN2S(C)(=O)=O)c1nc(C2CCCC2)no1. The summed E-state index contributed by atoms with van der Waals surface area (Å²) in [6.45, 7) is 2.21. The van der Waals surface area contributed by atoms with Crippen LogP contribution in [0.3, 0.4) is 0 Å². The van der Waals surface area contributed by atoms with E-state index in [0.717, 1.165) is 24.2 Å². The second-order valence-corrected chi connectivity index (χ2v) is 9.50. The first-order valence-electron chi connectivity index (χ1n) is 9.58.